The predicted molar refractivity (Wildman–Crippen MR) is 145 cm³/mol. The molecule has 1 heterocycles. The molecule has 1 N–H and O–H groups in total. The molecule has 36 heavy (non-hydrogen) atoms. The first-order valence-electron chi connectivity index (χ1n) is 11.2. The van der Waals surface area contributed by atoms with Crippen molar-refractivity contribution >= 4 is 57.7 Å². The second-order valence-electron chi connectivity index (χ2n) is 8.06. The first-order valence-corrected chi connectivity index (χ1v) is 12.4. The number of piperazine rings is 1. The highest BCUT2D eigenvalue weighted by Gasteiger charge is 2.22. The fourth-order valence-corrected chi connectivity index (χ4v) is 4.62. The lowest BCUT2D eigenvalue weighted by molar-refractivity contribution is -0.118. The Kier molecular flexibility index (Phi) is 8.51. The second-order valence-corrected chi connectivity index (χ2v) is 9.26. The highest BCUT2D eigenvalue weighted by Crippen LogP contribution is 2.37. The molecule has 4 rings (SSSR count). The fourth-order valence-electron chi connectivity index (χ4n) is 3.87. The molecule has 10 heteroatoms. The first kappa shape index (κ1) is 26.0. The van der Waals surface area contributed by atoms with Crippen molar-refractivity contribution in [2.75, 3.05) is 50.1 Å². The van der Waals surface area contributed by atoms with Gasteiger partial charge in [-0.2, -0.15) is 0 Å². The van der Waals surface area contributed by atoms with Gasteiger partial charge in [-0.1, -0.05) is 47.6 Å². The van der Waals surface area contributed by atoms with E-state index in [-0.39, 0.29) is 29.1 Å². The van der Waals surface area contributed by atoms with E-state index in [1.165, 1.54) is 19.2 Å². The zero-order chi connectivity index (χ0) is 25.7. The van der Waals surface area contributed by atoms with Crippen molar-refractivity contribution in [3.8, 4) is 11.5 Å². The molecule has 0 saturated carbocycles. The standard InChI is InChI=1S/C26H24Cl2FN3O3S/c1-34-23-15-17(26(36)32-12-10-31(11-13-32)19-8-6-18(29)7-9-19)14-21(28)25(23)35-16-24(33)30-22-5-3-2-4-20(22)27/h2-9,14-15H,10-13,16H2,1H3,(H,30,33). The molecule has 1 fully saturated rings. The summed E-state index contributed by atoms with van der Waals surface area (Å²) in [6, 6.07) is 16.9. The first-order chi connectivity index (χ1) is 17.4. The van der Waals surface area contributed by atoms with Gasteiger partial charge in [0.25, 0.3) is 5.91 Å². The van der Waals surface area contributed by atoms with Crippen LogP contribution in [0.5, 0.6) is 11.5 Å². The van der Waals surface area contributed by atoms with E-state index < -0.39 is 0 Å². The smallest absolute Gasteiger partial charge is 0.262 e. The van der Waals surface area contributed by atoms with Gasteiger partial charge in [0, 0.05) is 37.4 Å². The van der Waals surface area contributed by atoms with Crippen molar-refractivity contribution in [3.63, 3.8) is 0 Å². The molecule has 0 atom stereocenters. The Morgan fingerprint density at radius 1 is 1.03 bits per heavy atom. The quantitative estimate of drug-likeness (QED) is 0.385. The van der Waals surface area contributed by atoms with Crippen molar-refractivity contribution < 1.29 is 18.7 Å². The van der Waals surface area contributed by atoms with Crippen LogP contribution in [0.4, 0.5) is 15.8 Å². The maximum atomic E-state index is 13.2. The molecule has 3 aromatic carbocycles. The Balaban J connectivity index is 1.39. The monoisotopic (exact) mass is 547 g/mol. The number of carbonyl (C=O) groups excluding carboxylic acids is 1. The van der Waals surface area contributed by atoms with Gasteiger partial charge in [-0.15, -0.1) is 0 Å². The van der Waals surface area contributed by atoms with Crippen LogP contribution in [0.1, 0.15) is 5.56 Å². The van der Waals surface area contributed by atoms with Gasteiger partial charge in [0.05, 0.1) is 22.8 Å². The van der Waals surface area contributed by atoms with E-state index in [4.69, 9.17) is 44.9 Å². The molecule has 0 spiro atoms. The number of carbonyl (C=O) groups is 1. The minimum atomic E-state index is -0.389. The number of benzene rings is 3. The number of ether oxygens (including phenoxy) is 2. The molecule has 1 aliphatic heterocycles. The van der Waals surface area contributed by atoms with Crippen LogP contribution in [0, 0.1) is 5.82 Å². The molecule has 0 unspecified atom stereocenters. The van der Waals surface area contributed by atoms with Crippen LogP contribution < -0.4 is 19.7 Å². The maximum Gasteiger partial charge on any atom is 0.262 e. The zero-order valence-corrected chi connectivity index (χ0v) is 21.8. The van der Waals surface area contributed by atoms with Gasteiger partial charge in [-0.25, -0.2) is 4.39 Å². The highest BCUT2D eigenvalue weighted by atomic mass is 35.5. The third-order valence-electron chi connectivity index (χ3n) is 5.73. The molecule has 0 bridgehead atoms. The number of thiocarbonyl (C=S) groups is 1. The van der Waals surface area contributed by atoms with Crippen LogP contribution in [0.3, 0.4) is 0 Å². The molecule has 188 valence electrons. The number of halogens is 3. The Morgan fingerprint density at radius 3 is 2.39 bits per heavy atom. The number of nitrogens with zero attached hydrogens (tertiary/aromatic N) is 2. The average molecular weight is 548 g/mol. The molecule has 0 radical (unpaired) electrons. The zero-order valence-electron chi connectivity index (χ0n) is 19.5. The normalized spacial score (nSPS) is 13.3. The molecule has 0 aliphatic carbocycles. The number of anilines is 2. The van der Waals surface area contributed by atoms with Gasteiger partial charge in [-0.05, 0) is 48.5 Å². The summed E-state index contributed by atoms with van der Waals surface area (Å²) in [5.74, 6) is -0.0191. The summed E-state index contributed by atoms with van der Waals surface area (Å²) >= 11 is 18.3. The molecule has 1 aliphatic rings. The summed E-state index contributed by atoms with van der Waals surface area (Å²) in [5.41, 5.74) is 2.19. The van der Waals surface area contributed by atoms with Gasteiger partial charge < -0.3 is 24.6 Å². The van der Waals surface area contributed by atoms with E-state index >= 15 is 0 Å². The SMILES string of the molecule is COc1cc(C(=S)N2CCN(c3ccc(F)cc3)CC2)cc(Cl)c1OCC(=O)Nc1ccccc1Cl. The predicted octanol–water partition coefficient (Wildman–Crippen LogP) is 5.66. The summed E-state index contributed by atoms with van der Waals surface area (Å²) < 4.78 is 24.4. The summed E-state index contributed by atoms with van der Waals surface area (Å²) in [6.45, 7) is 2.63. The fraction of sp³-hybridized carbons (Fsp3) is 0.231. The molecular formula is C26H24Cl2FN3O3S. The van der Waals surface area contributed by atoms with Gasteiger partial charge in [-0.3, -0.25) is 4.79 Å². The minimum absolute atomic E-state index is 0.251. The van der Waals surface area contributed by atoms with Crippen LogP contribution in [0.25, 0.3) is 0 Å². The van der Waals surface area contributed by atoms with Crippen LogP contribution in [0.2, 0.25) is 10.0 Å². The summed E-state index contributed by atoms with van der Waals surface area (Å²) in [4.78, 5) is 17.3. The Labute approximate surface area is 224 Å². The van der Waals surface area contributed by atoms with E-state index in [9.17, 15) is 9.18 Å². The van der Waals surface area contributed by atoms with E-state index in [1.54, 1.807) is 48.5 Å². The van der Waals surface area contributed by atoms with Gasteiger partial charge in [0.2, 0.25) is 0 Å². The average Bonchev–Trinajstić information content (AvgIpc) is 2.89. The van der Waals surface area contributed by atoms with Crippen LogP contribution in [0.15, 0.2) is 60.7 Å². The number of hydrogen-bond acceptors (Lipinski definition) is 5. The lowest BCUT2D eigenvalue weighted by Crippen LogP contribution is -2.48. The van der Waals surface area contributed by atoms with Crippen LogP contribution in [-0.2, 0) is 4.79 Å². The molecule has 6 nitrogen and oxygen atoms in total. The molecule has 3 aromatic rings. The maximum absolute atomic E-state index is 13.2. The number of amides is 1. The molecule has 0 aromatic heterocycles. The number of rotatable bonds is 7. The number of nitrogens with one attached hydrogen (secondary N) is 1. The van der Waals surface area contributed by atoms with Crippen molar-refractivity contribution in [1.82, 2.24) is 4.90 Å². The number of methoxy groups -OCH3 is 1. The minimum Gasteiger partial charge on any atom is -0.493 e. The van der Waals surface area contributed by atoms with Gasteiger partial charge in [0.15, 0.2) is 18.1 Å². The lowest BCUT2D eigenvalue weighted by atomic mass is 10.1. The van der Waals surface area contributed by atoms with Gasteiger partial charge >= 0.3 is 0 Å². The van der Waals surface area contributed by atoms with Crippen LogP contribution in [-0.4, -0.2) is 55.7 Å². The van der Waals surface area contributed by atoms with Crippen molar-refractivity contribution in [2.45, 2.75) is 0 Å². The summed E-state index contributed by atoms with van der Waals surface area (Å²) in [6.07, 6.45) is 0. The van der Waals surface area contributed by atoms with E-state index in [1.807, 2.05) is 0 Å². The lowest BCUT2D eigenvalue weighted by Gasteiger charge is -2.37. The van der Waals surface area contributed by atoms with Crippen molar-refractivity contribution in [1.29, 1.82) is 0 Å². The van der Waals surface area contributed by atoms with Gasteiger partial charge in [0.1, 0.15) is 10.8 Å². The largest absolute Gasteiger partial charge is 0.493 e. The van der Waals surface area contributed by atoms with E-state index in [0.29, 0.717) is 34.5 Å². The second kappa shape index (κ2) is 11.8. The Morgan fingerprint density at radius 2 is 1.72 bits per heavy atom. The molecular weight excluding hydrogens is 524 g/mol. The van der Waals surface area contributed by atoms with Crippen molar-refractivity contribution in [3.05, 3.63) is 82.1 Å². The van der Waals surface area contributed by atoms with Crippen molar-refractivity contribution in [2.24, 2.45) is 0 Å². The number of para-hydroxylation sites is 1. The van der Waals surface area contributed by atoms with E-state index in [2.05, 4.69) is 15.1 Å². The summed E-state index contributed by atoms with van der Waals surface area (Å²) in [5, 5.41) is 3.41. The number of hydrogen-bond donors (Lipinski definition) is 1. The molecule has 1 amide bonds. The van der Waals surface area contributed by atoms with E-state index in [0.717, 1.165) is 24.3 Å². The Hall–Kier alpha value is -3.07. The van der Waals surface area contributed by atoms with Crippen LogP contribution >= 0.6 is 35.4 Å². The Bertz CT molecular complexity index is 1250. The molecule has 1 saturated heterocycles. The third kappa shape index (κ3) is 6.19. The third-order valence-corrected chi connectivity index (χ3v) is 6.83. The summed E-state index contributed by atoms with van der Waals surface area (Å²) in [7, 11) is 1.50. The highest BCUT2D eigenvalue weighted by molar-refractivity contribution is 7.80. The topological polar surface area (TPSA) is 54.0 Å².